The molecule has 0 aromatic carbocycles. The van der Waals surface area contributed by atoms with Crippen molar-refractivity contribution in [3.8, 4) is 17.1 Å². The summed E-state index contributed by atoms with van der Waals surface area (Å²) < 4.78 is 5.04. The van der Waals surface area contributed by atoms with Crippen LogP contribution in [0.1, 0.15) is 5.69 Å². The minimum Gasteiger partial charge on any atom is -0.481 e. The predicted molar refractivity (Wildman–Crippen MR) is 56.6 cm³/mol. The normalized spacial score (nSPS) is 10.0. The number of aromatic nitrogens is 3. The predicted octanol–water partition coefficient (Wildman–Crippen LogP) is 1.86. The second kappa shape index (κ2) is 4.04. The fourth-order valence-corrected chi connectivity index (χ4v) is 1.31. The number of hydrogen-bond donors (Lipinski definition) is 0. The van der Waals surface area contributed by atoms with E-state index < -0.39 is 0 Å². The van der Waals surface area contributed by atoms with E-state index in [1.54, 1.807) is 19.4 Å². The van der Waals surface area contributed by atoms with Gasteiger partial charge in [-0.05, 0) is 19.1 Å². The number of rotatable bonds is 2. The minimum atomic E-state index is 0.564. The Hall–Kier alpha value is -1.97. The third-order valence-corrected chi connectivity index (χ3v) is 2.04. The Labute approximate surface area is 88.0 Å². The molecule has 2 aromatic heterocycles. The van der Waals surface area contributed by atoms with Crippen molar-refractivity contribution in [1.29, 1.82) is 0 Å². The van der Waals surface area contributed by atoms with Gasteiger partial charge in [-0.1, -0.05) is 0 Å². The quantitative estimate of drug-likeness (QED) is 0.744. The zero-order chi connectivity index (χ0) is 10.7. The molecule has 0 radical (unpaired) electrons. The summed E-state index contributed by atoms with van der Waals surface area (Å²) in [7, 11) is 1.59. The molecule has 0 aliphatic heterocycles. The summed E-state index contributed by atoms with van der Waals surface area (Å²) in [5, 5.41) is 0. The van der Waals surface area contributed by atoms with Gasteiger partial charge in [-0.25, -0.2) is 9.97 Å². The smallest absolute Gasteiger partial charge is 0.216 e. The van der Waals surface area contributed by atoms with Crippen LogP contribution in [0.2, 0.25) is 0 Å². The van der Waals surface area contributed by atoms with Crippen LogP contribution in [0.3, 0.4) is 0 Å². The number of aryl methyl sites for hydroxylation is 1. The molecule has 0 saturated carbocycles. The lowest BCUT2D eigenvalue weighted by Crippen LogP contribution is -1.91. The first kappa shape index (κ1) is 9.58. The molecule has 0 spiro atoms. The average Bonchev–Trinajstić information content (AvgIpc) is 2.29. The topological polar surface area (TPSA) is 47.9 Å². The first-order chi connectivity index (χ1) is 7.29. The van der Waals surface area contributed by atoms with Crippen LogP contribution >= 0.6 is 0 Å². The van der Waals surface area contributed by atoms with Crippen molar-refractivity contribution in [2.75, 3.05) is 7.11 Å². The van der Waals surface area contributed by atoms with Crippen molar-refractivity contribution < 1.29 is 4.74 Å². The van der Waals surface area contributed by atoms with E-state index >= 15 is 0 Å². The van der Waals surface area contributed by atoms with Crippen molar-refractivity contribution in [2.24, 2.45) is 0 Å². The zero-order valence-electron chi connectivity index (χ0n) is 8.64. The van der Waals surface area contributed by atoms with Crippen molar-refractivity contribution in [2.45, 2.75) is 6.92 Å². The van der Waals surface area contributed by atoms with Crippen LogP contribution in [0.15, 0.2) is 30.7 Å². The van der Waals surface area contributed by atoms with Gasteiger partial charge in [-0.2, -0.15) is 0 Å². The van der Waals surface area contributed by atoms with Gasteiger partial charge in [0.15, 0.2) is 0 Å². The van der Waals surface area contributed by atoms with Gasteiger partial charge in [0.05, 0.1) is 12.8 Å². The van der Waals surface area contributed by atoms with Crippen molar-refractivity contribution in [3.05, 3.63) is 36.4 Å². The molecule has 4 nitrogen and oxygen atoms in total. The molecule has 0 aliphatic rings. The average molecular weight is 201 g/mol. The number of nitrogens with zero attached hydrogens (tertiary/aromatic N) is 3. The Kier molecular flexibility index (Phi) is 2.58. The standard InChI is InChI=1S/C11H11N3O/c1-8-5-9(3-4-12-8)10-6-11(15-2)14-7-13-10/h3-7H,1-2H3. The highest BCUT2D eigenvalue weighted by atomic mass is 16.5. The highest BCUT2D eigenvalue weighted by molar-refractivity contribution is 5.59. The summed E-state index contributed by atoms with van der Waals surface area (Å²) in [6.07, 6.45) is 3.25. The molecule has 2 aromatic rings. The van der Waals surface area contributed by atoms with E-state index in [4.69, 9.17) is 4.74 Å². The van der Waals surface area contributed by atoms with Gasteiger partial charge in [0.1, 0.15) is 6.33 Å². The molecular weight excluding hydrogens is 190 g/mol. The van der Waals surface area contributed by atoms with E-state index in [0.29, 0.717) is 5.88 Å². The summed E-state index contributed by atoms with van der Waals surface area (Å²) in [5.74, 6) is 0.564. The van der Waals surface area contributed by atoms with E-state index in [1.165, 1.54) is 6.33 Å². The lowest BCUT2D eigenvalue weighted by molar-refractivity contribution is 0.397. The molecule has 2 rings (SSSR count). The Morgan fingerprint density at radius 1 is 1.13 bits per heavy atom. The first-order valence-corrected chi connectivity index (χ1v) is 4.58. The largest absolute Gasteiger partial charge is 0.481 e. The van der Waals surface area contributed by atoms with Crippen LogP contribution in [0.5, 0.6) is 5.88 Å². The SMILES string of the molecule is COc1cc(-c2ccnc(C)c2)ncn1. The van der Waals surface area contributed by atoms with Gasteiger partial charge in [-0.3, -0.25) is 4.98 Å². The third-order valence-electron chi connectivity index (χ3n) is 2.04. The molecule has 0 atom stereocenters. The molecule has 4 heteroatoms. The van der Waals surface area contributed by atoms with Gasteiger partial charge in [0, 0.05) is 23.5 Å². The van der Waals surface area contributed by atoms with Crippen LogP contribution in [0.4, 0.5) is 0 Å². The van der Waals surface area contributed by atoms with E-state index in [0.717, 1.165) is 17.0 Å². The molecule has 2 heterocycles. The van der Waals surface area contributed by atoms with Crippen LogP contribution in [0, 0.1) is 6.92 Å². The van der Waals surface area contributed by atoms with Crippen molar-refractivity contribution in [1.82, 2.24) is 15.0 Å². The molecule has 0 fully saturated rings. The summed E-state index contributed by atoms with van der Waals surface area (Å²) in [6, 6.07) is 5.69. The minimum absolute atomic E-state index is 0.564. The second-order valence-corrected chi connectivity index (χ2v) is 3.13. The highest BCUT2D eigenvalue weighted by Crippen LogP contribution is 2.19. The second-order valence-electron chi connectivity index (χ2n) is 3.13. The van der Waals surface area contributed by atoms with Crippen molar-refractivity contribution >= 4 is 0 Å². The molecule has 0 saturated heterocycles. The maximum Gasteiger partial charge on any atom is 0.216 e. The van der Waals surface area contributed by atoms with Gasteiger partial charge < -0.3 is 4.74 Å². The molecule has 0 bridgehead atoms. The van der Waals surface area contributed by atoms with Gasteiger partial charge in [0.25, 0.3) is 0 Å². The van der Waals surface area contributed by atoms with Gasteiger partial charge in [0.2, 0.25) is 5.88 Å². The lowest BCUT2D eigenvalue weighted by atomic mass is 10.1. The zero-order valence-corrected chi connectivity index (χ0v) is 8.64. The third kappa shape index (κ3) is 2.10. The van der Waals surface area contributed by atoms with E-state index in [1.807, 2.05) is 19.1 Å². The molecule has 0 aliphatic carbocycles. The Bertz CT molecular complexity index is 471. The number of ether oxygens (including phenoxy) is 1. The Morgan fingerprint density at radius 2 is 2.00 bits per heavy atom. The maximum absolute atomic E-state index is 5.04. The monoisotopic (exact) mass is 201 g/mol. The van der Waals surface area contributed by atoms with Crippen LogP contribution in [-0.2, 0) is 0 Å². The fraction of sp³-hybridized carbons (Fsp3) is 0.182. The Morgan fingerprint density at radius 3 is 2.73 bits per heavy atom. The van der Waals surface area contributed by atoms with E-state index in [-0.39, 0.29) is 0 Å². The summed E-state index contributed by atoms with van der Waals surface area (Å²) in [4.78, 5) is 12.3. The summed E-state index contributed by atoms with van der Waals surface area (Å²) in [5.41, 5.74) is 2.82. The fourth-order valence-electron chi connectivity index (χ4n) is 1.31. The summed E-state index contributed by atoms with van der Waals surface area (Å²) in [6.45, 7) is 1.95. The lowest BCUT2D eigenvalue weighted by Gasteiger charge is -2.03. The van der Waals surface area contributed by atoms with Crippen LogP contribution in [0.25, 0.3) is 11.3 Å². The molecular formula is C11H11N3O. The molecule has 0 N–H and O–H groups in total. The number of hydrogen-bond acceptors (Lipinski definition) is 4. The highest BCUT2D eigenvalue weighted by Gasteiger charge is 2.01. The van der Waals surface area contributed by atoms with Crippen LogP contribution < -0.4 is 4.74 Å². The Balaban J connectivity index is 2.44. The molecule has 0 unspecified atom stereocenters. The van der Waals surface area contributed by atoms with Crippen LogP contribution in [-0.4, -0.2) is 22.1 Å². The maximum atomic E-state index is 5.04. The molecule has 76 valence electrons. The van der Waals surface area contributed by atoms with Gasteiger partial charge in [-0.15, -0.1) is 0 Å². The number of methoxy groups -OCH3 is 1. The van der Waals surface area contributed by atoms with E-state index in [9.17, 15) is 0 Å². The number of pyridine rings is 1. The van der Waals surface area contributed by atoms with E-state index in [2.05, 4.69) is 15.0 Å². The summed E-state index contributed by atoms with van der Waals surface area (Å²) >= 11 is 0. The first-order valence-electron chi connectivity index (χ1n) is 4.58. The van der Waals surface area contributed by atoms with Gasteiger partial charge >= 0.3 is 0 Å². The van der Waals surface area contributed by atoms with Crippen molar-refractivity contribution in [3.63, 3.8) is 0 Å². The molecule has 0 amide bonds. The molecule has 15 heavy (non-hydrogen) atoms.